The summed E-state index contributed by atoms with van der Waals surface area (Å²) in [7, 11) is 0. The zero-order valence-corrected chi connectivity index (χ0v) is 9.43. The third-order valence-electron chi connectivity index (χ3n) is 2.61. The lowest BCUT2D eigenvalue weighted by molar-refractivity contribution is 0.294. The minimum absolute atomic E-state index is 0.289. The molecule has 1 nitrogen and oxygen atoms in total. The van der Waals surface area contributed by atoms with Gasteiger partial charge in [0.05, 0.1) is 0 Å². The van der Waals surface area contributed by atoms with Gasteiger partial charge < -0.3 is 5.73 Å². The van der Waals surface area contributed by atoms with Gasteiger partial charge in [-0.05, 0) is 30.6 Å². The molecule has 0 aromatic rings. The highest BCUT2D eigenvalue weighted by atomic mass is 14.6. The third kappa shape index (κ3) is 3.51. The third-order valence-corrected chi connectivity index (χ3v) is 2.61. The molecule has 0 aromatic heterocycles. The predicted octanol–water partition coefficient (Wildman–Crippen LogP) is 3.11. The van der Waals surface area contributed by atoms with E-state index in [1.165, 1.54) is 12.8 Å². The van der Waals surface area contributed by atoms with E-state index in [0.717, 1.165) is 12.3 Å². The molecule has 1 rings (SSSR count). The molecule has 0 fully saturated rings. The van der Waals surface area contributed by atoms with Gasteiger partial charge in [0.2, 0.25) is 0 Å². The zero-order valence-electron chi connectivity index (χ0n) is 9.43. The van der Waals surface area contributed by atoms with Crippen LogP contribution in [-0.4, -0.2) is 6.04 Å². The molecule has 1 atom stereocenters. The normalized spacial score (nSPS) is 27.5. The molecule has 13 heavy (non-hydrogen) atoms. The molecule has 2 N–H and O–H groups in total. The lowest BCUT2D eigenvalue weighted by atomic mass is 9.74. The summed E-state index contributed by atoms with van der Waals surface area (Å²) in [6.45, 7) is 9.18. The van der Waals surface area contributed by atoms with Crippen LogP contribution in [0, 0.1) is 11.3 Å². The van der Waals surface area contributed by atoms with Crippen LogP contribution in [0.5, 0.6) is 0 Å². The van der Waals surface area contributed by atoms with Crippen molar-refractivity contribution in [3.05, 3.63) is 11.6 Å². The number of allylic oxidation sites excluding steroid dienone is 1. The fourth-order valence-electron chi connectivity index (χ4n) is 2.41. The van der Waals surface area contributed by atoms with E-state index in [4.69, 9.17) is 5.73 Å². The lowest BCUT2D eigenvalue weighted by Crippen LogP contribution is -2.31. The SMILES string of the molecule is CC(C)CC1=CC(N)CC(C)(C)C1. The Labute approximate surface area is 82.4 Å². The molecule has 0 heterocycles. The second-order valence-electron chi connectivity index (χ2n) is 5.63. The molecule has 1 unspecified atom stereocenters. The molecule has 0 saturated carbocycles. The van der Waals surface area contributed by atoms with Crippen LogP contribution in [0.4, 0.5) is 0 Å². The summed E-state index contributed by atoms with van der Waals surface area (Å²) in [6, 6.07) is 0.289. The van der Waals surface area contributed by atoms with Gasteiger partial charge in [-0.2, -0.15) is 0 Å². The number of rotatable bonds is 2. The summed E-state index contributed by atoms with van der Waals surface area (Å²) < 4.78 is 0. The maximum Gasteiger partial charge on any atom is 0.0231 e. The zero-order chi connectivity index (χ0) is 10.1. The summed E-state index contributed by atoms with van der Waals surface area (Å²) in [5.41, 5.74) is 7.98. The van der Waals surface area contributed by atoms with Crippen molar-refractivity contribution >= 4 is 0 Å². The van der Waals surface area contributed by atoms with Crippen molar-refractivity contribution < 1.29 is 0 Å². The Kier molecular flexibility index (Phi) is 3.18. The van der Waals surface area contributed by atoms with E-state index in [2.05, 4.69) is 33.8 Å². The summed E-state index contributed by atoms with van der Waals surface area (Å²) >= 11 is 0. The molecule has 76 valence electrons. The molecule has 0 radical (unpaired) electrons. The van der Waals surface area contributed by atoms with Crippen LogP contribution in [0.1, 0.15) is 47.0 Å². The van der Waals surface area contributed by atoms with E-state index in [0.29, 0.717) is 5.41 Å². The number of hydrogen-bond acceptors (Lipinski definition) is 1. The predicted molar refractivity (Wildman–Crippen MR) is 58.5 cm³/mol. The van der Waals surface area contributed by atoms with E-state index in [1.807, 2.05) is 0 Å². The summed E-state index contributed by atoms with van der Waals surface area (Å²) in [5, 5.41) is 0. The lowest BCUT2D eigenvalue weighted by Gasteiger charge is -2.33. The van der Waals surface area contributed by atoms with Crippen LogP contribution < -0.4 is 5.73 Å². The first-order valence-corrected chi connectivity index (χ1v) is 5.34. The van der Waals surface area contributed by atoms with Gasteiger partial charge >= 0.3 is 0 Å². The maximum atomic E-state index is 6.00. The standard InChI is InChI=1S/C12H23N/c1-9(2)5-10-6-11(13)8-12(3,4)7-10/h6,9,11H,5,7-8,13H2,1-4H3. The van der Waals surface area contributed by atoms with Crippen molar-refractivity contribution in [2.75, 3.05) is 0 Å². The monoisotopic (exact) mass is 181 g/mol. The van der Waals surface area contributed by atoms with E-state index in [9.17, 15) is 0 Å². The van der Waals surface area contributed by atoms with Gasteiger partial charge in [0, 0.05) is 6.04 Å². The summed E-state index contributed by atoms with van der Waals surface area (Å²) in [5.74, 6) is 0.757. The van der Waals surface area contributed by atoms with Gasteiger partial charge in [-0.1, -0.05) is 39.3 Å². The Morgan fingerprint density at radius 1 is 1.54 bits per heavy atom. The quantitative estimate of drug-likeness (QED) is 0.651. The topological polar surface area (TPSA) is 26.0 Å². The molecule has 0 aromatic carbocycles. The Hall–Kier alpha value is -0.300. The minimum atomic E-state index is 0.289. The summed E-state index contributed by atoms with van der Waals surface area (Å²) in [6.07, 6.45) is 5.87. The van der Waals surface area contributed by atoms with Crippen molar-refractivity contribution in [1.29, 1.82) is 0 Å². The first kappa shape index (κ1) is 10.8. The van der Waals surface area contributed by atoms with Crippen molar-refractivity contribution in [3.8, 4) is 0 Å². The van der Waals surface area contributed by atoms with E-state index in [1.54, 1.807) is 5.57 Å². The average molecular weight is 181 g/mol. The van der Waals surface area contributed by atoms with Crippen LogP contribution in [0.15, 0.2) is 11.6 Å². The maximum absolute atomic E-state index is 6.00. The van der Waals surface area contributed by atoms with Gasteiger partial charge in [0.25, 0.3) is 0 Å². The van der Waals surface area contributed by atoms with E-state index in [-0.39, 0.29) is 6.04 Å². The average Bonchev–Trinajstić information content (AvgIpc) is 1.78. The molecule has 1 aliphatic carbocycles. The molecular weight excluding hydrogens is 158 g/mol. The van der Waals surface area contributed by atoms with Gasteiger partial charge in [-0.25, -0.2) is 0 Å². The van der Waals surface area contributed by atoms with Crippen LogP contribution in [0.2, 0.25) is 0 Å². The second-order valence-corrected chi connectivity index (χ2v) is 5.63. The van der Waals surface area contributed by atoms with Crippen molar-refractivity contribution in [1.82, 2.24) is 0 Å². The highest BCUT2D eigenvalue weighted by Gasteiger charge is 2.26. The Morgan fingerprint density at radius 3 is 2.62 bits per heavy atom. The van der Waals surface area contributed by atoms with Crippen molar-refractivity contribution in [2.45, 2.75) is 53.0 Å². The van der Waals surface area contributed by atoms with Crippen LogP contribution in [-0.2, 0) is 0 Å². The Balaban J connectivity index is 2.64. The molecule has 0 amide bonds. The van der Waals surface area contributed by atoms with Gasteiger partial charge in [-0.15, -0.1) is 0 Å². The summed E-state index contributed by atoms with van der Waals surface area (Å²) in [4.78, 5) is 0. The molecule has 1 aliphatic rings. The van der Waals surface area contributed by atoms with Gasteiger partial charge in [0.15, 0.2) is 0 Å². The fourth-order valence-corrected chi connectivity index (χ4v) is 2.41. The van der Waals surface area contributed by atoms with E-state index < -0.39 is 0 Å². The highest BCUT2D eigenvalue weighted by molar-refractivity contribution is 5.14. The first-order chi connectivity index (χ1) is 5.89. The molecule has 0 spiro atoms. The minimum Gasteiger partial charge on any atom is -0.324 e. The Morgan fingerprint density at radius 2 is 2.15 bits per heavy atom. The number of hydrogen-bond donors (Lipinski definition) is 1. The number of nitrogens with two attached hydrogens (primary N) is 1. The smallest absolute Gasteiger partial charge is 0.0231 e. The van der Waals surface area contributed by atoms with Crippen LogP contribution in [0.25, 0.3) is 0 Å². The van der Waals surface area contributed by atoms with Crippen LogP contribution >= 0.6 is 0 Å². The highest BCUT2D eigenvalue weighted by Crippen LogP contribution is 2.36. The van der Waals surface area contributed by atoms with E-state index >= 15 is 0 Å². The molecular formula is C12H23N. The fraction of sp³-hybridized carbons (Fsp3) is 0.833. The molecule has 1 heteroatoms. The molecule has 0 bridgehead atoms. The Bertz CT molecular complexity index is 201. The molecule has 0 saturated heterocycles. The van der Waals surface area contributed by atoms with Gasteiger partial charge in [0.1, 0.15) is 0 Å². The molecule has 0 aliphatic heterocycles. The largest absolute Gasteiger partial charge is 0.324 e. The van der Waals surface area contributed by atoms with Crippen molar-refractivity contribution in [2.24, 2.45) is 17.1 Å². The van der Waals surface area contributed by atoms with Crippen molar-refractivity contribution in [3.63, 3.8) is 0 Å². The first-order valence-electron chi connectivity index (χ1n) is 5.34. The second kappa shape index (κ2) is 3.83. The van der Waals surface area contributed by atoms with Crippen LogP contribution in [0.3, 0.4) is 0 Å². The van der Waals surface area contributed by atoms with Gasteiger partial charge in [-0.3, -0.25) is 0 Å².